The molecule has 0 unspecified atom stereocenters. The maximum Gasteiger partial charge on any atom is 0.116 e. The number of benzene rings is 2. The van der Waals surface area contributed by atoms with Gasteiger partial charge in [-0.1, -0.05) is 38.4 Å². The van der Waals surface area contributed by atoms with Gasteiger partial charge in [-0.05, 0) is 52.4 Å². The molecule has 0 saturated carbocycles. The van der Waals surface area contributed by atoms with Crippen LogP contribution in [0.4, 0.5) is 0 Å². The highest BCUT2D eigenvalue weighted by Gasteiger charge is 2.12. The first-order valence-electron chi connectivity index (χ1n) is 5.98. The predicted molar refractivity (Wildman–Crippen MR) is 74.1 cm³/mol. The Bertz CT molecular complexity index is 558. The first-order valence-corrected chi connectivity index (χ1v) is 6.36. The molecule has 90 valence electrons. The van der Waals surface area contributed by atoms with E-state index in [2.05, 4.69) is 20.8 Å². The Hall–Kier alpha value is -1.21. The number of aryl methyl sites for hydroxylation is 1. The minimum Gasteiger partial charge on any atom is -0.508 e. The van der Waals surface area contributed by atoms with Gasteiger partial charge in [-0.25, -0.2) is 0 Å². The lowest BCUT2D eigenvalue weighted by molar-refractivity contribution is 0.475. The molecule has 2 heteroatoms. The molecule has 2 aromatic rings. The highest BCUT2D eigenvalue weighted by Crippen LogP contribution is 2.35. The first kappa shape index (κ1) is 12.3. The topological polar surface area (TPSA) is 20.2 Å². The smallest absolute Gasteiger partial charge is 0.116 e. The molecule has 0 aromatic heterocycles. The zero-order valence-electron chi connectivity index (χ0n) is 10.4. The fourth-order valence-electron chi connectivity index (χ4n) is 2.34. The van der Waals surface area contributed by atoms with E-state index in [9.17, 15) is 5.11 Å². The van der Waals surface area contributed by atoms with Gasteiger partial charge in [0.15, 0.2) is 0 Å². The van der Waals surface area contributed by atoms with Crippen LogP contribution in [0.15, 0.2) is 24.3 Å². The molecule has 0 aliphatic carbocycles. The molecular formula is C15H17ClO. The van der Waals surface area contributed by atoms with E-state index in [0.717, 1.165) is 16.8 Å². The number of phenolic OH excluding ortho intramolecular Hbond substituents is 1. The molecule has 0 fully saturated rings. The van der Waals surface area contributed by atoms with Gasteiger partial charge < -0.3 is 5.11 Å². The van der Waals surface area contributed by atoms with E-state index in [1.54, 1.807) is 6.07 Å². The summed E-state index contributed by atoms with van der Waals surface area (Å²) in [6, 6.07) is 7.54. The number of rotatable bonds is 2. The molecule has 1 nitrogen and oxygen atoms in total. The van der Waals surface area contributed by atoms with Gasteiger partial charge in [0.05, 0.1) is 0 Å². The largest absolute Gasteiger partial charge is 0.508 e. The summed E-state index contributed by atoms with van der Waals surface area (Å²) in [6.07, 6.45) is 0.903. The van der Waals surface area contributed by atoms with Crippen molar-refractivity contribution < 1.29 is 5.11 Å². The number of halogens is 1. The molecule has 0 bridgehead atoms. The van der Waals surface area contributed by atoms with Gasteiger partial charge in [-0.3, -0.25) is 0 Å². The molecule has 0 atom stereocenters. The van der Waals surface area contributed by atoms with Crippen LogP contribution in [0.1, 0.15) is 37.8 Å². The summed E-state index contributed by atoms with van der Waals surface area (Å²) in [7, 11) is 0. The zero-order valence-corrected chi connectivity index (χ0v) is 11.2. The van der Waals surface area contributed by atoms with Crippen molar-refractivity contribution >= 4 is 22.4 Å². The van der Waals surface area contributed by atoms with Crippen molar-refractivity contribution in [1.29, 1.82) is 0 Å². The molecule has 0 aliphatic heterocycles. The molecule has 2 rings (SSSR count). The Kier molecular flexibility index (Phi) is 3.30. The van der Waals surface area contributed by atoms with Gasteiger partial charge in [0.2, 0.25) is 0 Å². The van der Waals surface area contributed by atoms with Crippen LogP contribution >= 0.6 is 11.6 Å². The SMILES string of the molecule is CCc1c(Cl)ccc2cc(O)cc(C(C)C)c12. The van der Waals surface area contributed by atoms with E-state index in [0.29, 0.717) is 11.7 Å². The van der Waals surface area contributed by atoms with Crippen molar-refractivity contribution in [2.75, 3.05) is 0 Å². The molecule has 0 saturated heterocycles. The number of fused-ring (bicyclic) bond motifs is 1. The van der Waals surface area contributed by atoms with E-state index in [-0.39, 0.29) is 0 Å². The molecule has 2 aromatic carbocycles. The molecular weight excluding hydrogens is 232 g/mol. The van der Waals surface area contributed by atoms with Gasteiger partial charge in [0.1, 0.15) is 5.75 Å². The third kappa shape index (κ3) is 2.12. The lowest BCUT2D eigenvalue weighted by Crippen LogP contribution is -1.94. The van der Waals surface area contributed by atoms with Crippen LogP contribution in [0.5, 0.6) is 5.75 Å². The van der Waals surface area contributed by atoms with Crippen molar-refractivity contribution in [2.45, 2.75) is 33.1 Å². The second kappa shape index (κ2) is 4.58. The standard InChI is InChI=1S/C15H17ClO/c1-4-12-14(16)6-5-10-7-11(17)8-13(9(2)3)15(10)12/h5-9,17H,4H2,1-3H3. The van der Waals surface area contributed by atoms with E-state index in [1.807, 2.05) is 18.2 Å². The van der Waals surface area contributed by atoms with Crippen LogP contribution in [0.25, 0.3) is 10.8 Å². The minimum absolute atomic E-state index is 0.325. The third-order valence-corrected chi connectivity index (χ3v) is 3.51. The van der Waals surface area contributed by atoms with Gasteiger partial charge >= 0.3 is 0 Å². The second-order valence-corrected chi connectivity index (χ2v) is 5.07. The Morgan fingerprint density at radius 2 is 1.94 bits per heavy atom. The highest BCUT2D eigenvalue weighted by atomic mass is 35.5. The summed E-state index contributed by atoms with van der Waals surface area (Å²) in [6.45, 7) is 6.38. The quantitative estimate of drug-likeness (QED) is 0.803. The van der Waals surface area contributed by atoms with Crippen LogP contribution < -0.4 is 0 Å². The van der Waals surface area contributed by atoms with Crippen molar-refractivity contribution in [2.24, 2.45) is 0 Å². The summed E-state index contributed by atoms with van der Waals surface area (Å²) >= 11 is 6.26. The third-order valence-electron chi connectivity index (χ3n) is 3.16. The molecule has 1 N–H and O–H groups in total. The Morgan fingerprint density at radius 1 is 1.24 bits per heavy atom. The Morgan fingerprint density at radius 3 is 2.53 bits per heavy atom. The van der Waals surface area contributed by atoms with Crippen molar-refractivity contribution in [3.8, 4) is 5.75 Å². The van der Waals surface area contributed by atoms with Gasteiger partial charge in [0.25, 0.3) is 0 Å². The van der Waals surface area contributed by atoms with Crippen LogP contribution in [-0.2, 0) is 6.42 Å². The summed E-state index contributed by atoms with van der Waals surface area (Å²) < 4.78 is 0. The van der Waals surface area contributed by atoms with Crippen LogP contribution in [0.2, 0.25) is 5.02 Å². The van der Waals surface area contributed by atoms with Crippen molar-refractivity contribution in [1.82, 2.24) is 0 Å². The molecule has 0 heterocycles. The zero-order chi connectivity index (χ0) is 12.6. The average molecular weight is 249 g/mol. The maximum atomic E-state index is 9.76. The summed E-state index contributed by atoms with van der Waals surface area (Å²) in [5.41, 5.74) is 2.34. The molecule has 0 spiro atoms. The van der Waals surface area contributed by atoms with E-state index in [1.165, 1.54) is 16.5 Å². The summed E-state index contributed by atoms with van der Waals surface area (Å²) in [5, 5.41) is 12.8. The predicted octanol–water partition coefficient (Wildman–Crippen LogP) is 4.88. The first-order chi connectivity index (χ1) is 8.04. The number of aromatic hydroxyl groups is 1. The number of phenols is 1. The highest BCUT2D eigenvalue weighted by molar-refractivity contribution is 6.32. The van der Waals surface area contributed by atoms with Crippen LogP contribution in [0, 0.1) is 0 Å². The Labute approximate surface area is 107 Å². The van der Waals surface area contributed by atoms with Gasteiger partial charge in [0, 0.05) is 5.02 Å². The van der Waals surface area contributed by atoms with E-state index >= 15 is 0 Å². The molecule has 0 aliphatic rings. The summed E-state index contributed by atoms with van der Waals surface area (Å²) in [5.74, 6) is 0.693. The normalized spacial score (nSPS) is 11.4. The fourth-order valence-corrected chi connectivity index (χ4v) is 2.63. The molecule has 17 heavy (non-hydrogen) atoms. The lowest BCUT2D eigenvalue weighted by atomic mass is 9.91. The van der Waals surface area contributed by atoms with Gasteiger partial charge in [-0.2, -0.15) is 0 Å². The monoisotopic (exact) mass is 248 g/mol. The molecule has 0 amide bonds. The van der Waals surface area contributed by atoms with Crippen molar-refractivity contribution in [3.05, 3.63) is 40.4 Å². The number of hydrogen-bond donors (Lipinski definition) is 1. The Balaban J connectivity index is 2.91. The molecule has 0 radical (unpaired) electrons. The van der Waals surface area contributed by atoms with Gasteiger partial charge in [-0.15, -0.1) is 0 Å². The van der Waals surface area contributed by atoms with E-state index in [4.69, 9.17) is 11.6 Å². The van der Waals surface area contributed by atoms with E-state index < -0.39 is 0 Å². The summed E-state index contributed by atoms with van der Waals surface area (Å²) in [4.78, 5) is 0. The van der Waals surface area contributed by atoms with Crippen molar-refractivity contribution in [3.63, 3.8) is 0 Å². The average Bonchev–Trinajstić information content (AvgIpc) is 2.28. The second-order valence-electron chi connectivity index (χ2n) is 4.67. The van der Waals surface area contributed by atoms with Crippen LogP contribution in [-0.4, -0.2) is 5.11 Å². The fraction of sp³-hybridized carbons (Fsp3) is 0.333. The van der Waals surface area contributed by atoms with Crippen LogP contribution in [0.3, 0.4) is 0 Å². The number of hydrogen-bond acceptors (Lipinski definition) is 1. The maximum absolute atomic E-state index is 9.76. The minimum atomic E-state index is 0.325. The lowest BCUT2D eigenvalue weighted by Gasteiger charge is -2.15.